The van der Waals surface area contributed by atoms with Gasteiger partial charge in [0.25, 0.3) is 0 Å². The van der Waals surface area contributed by atoms with Gasteiger partial charge in [-0.2, -0.15) is 0 Å². The van der Waals surface area contributed by atoms with Crippen molar-refractivity contribution in [2.24, 2.45) is 35.3 Å². The van der Waals surface area contributed by atoms with Crippen LogP contribution in [0.5, 0.6) is 0 Å². The molecule has 3 nitrogen and oxygen atoms in total. The summed E-state index contributed by atoms with van der Waals surface area (Å²) in [6, 6.07) is -0.863. The lowest BCUT2D eigenvalue weighted by Gasteiger charge is -2.55. The Morgan fingerprint density at radius 2 is 1.59 bits per heavy atom. The molecule has 4 aliphatic rings. The molecule has 0 aromatic rings. The molecule has 0 aromatic heterocycles. The molecule has 0 radical (unpaired) electrons. The second kappa shape index (κ2) is 3.84. The minimum Gasteiger partial charge on any atom is -0.480 e. The van der Waals surface area contributed by atoms with Crippen LogP contribution in [0, 0.1) is 29.6 Å². The molecule has 17 heavy (non-hydrogen) atoms. The van der Waals surface area contributed by atoms with Gasteiger partial charge in [-0.1, -0.05) is 6.58 Å². The fraction of sp³-hybridized carbons (Fsp3) is 0.786. The molecule has 1 atom stereocenters. The standard InChI is InChI=1S/C14H21NO2/c1-7(13(15)14(16)17)12-10-3-8-2-9(5-10)6-11(12)4-8/h8-13H,1-6,15H2,(H,16,17). The number of carboxylic acid groups (broad SMARTS) is 1. The van der Waals surface area contributed by atoms with E-state index in [2.05, 4.69) is 6.58 Å². The molecule has 4 fully saturated rings. The van der Waals surface area contributed by atoms with Crippen molar-refractivity contribution in [2.45, 2.75) is 38.1 Å². The van der Waals surface area contributed by atoms with E-state index < -0.39 is 12.0 Å². The Morgan fingerprint density at radius 3 is 2.00 bits per heavy atom. The molecule has 0 spiro atoms. The number of carbonyl (C=O) groups is 1. The van der Waals surface area contributed by atoms with Gasteiger partial charge in [0.15, 0.2) is 0 Å². The molecule has 3 N–H and O–H groups in total. The quantitative estimate of drug-likeness (QED) is 0.736. The second-order valence-electron chi connectivity index (χ2n) is 6.35. The maximum absolute atomic E-state index is 11.0. The first-order valence-electron chi connectivity index (χ1n) is 6.73. The summed E-state index contributed by atoms with van der Waals surface area (Å²) in [6.45, 7) is 4.02. The molecular weight excluding hydrogens is 214 g/mol. The van der Waals surface area contributed by atoms with Gasteiger partial charge in [-0.05, 0) is 67.3 Å². The molecule has 4 saturated carbocycles. The van der Waals surface area contributed by atoms with Crippen molar-refractivity contribution in [3.8, 4) is 0 Å². The zero-order valence-electron chi connectivity index (χ0n) is 10.1. The van der Waals surface area contributed by atoms with Crippen LogP contribution in [0.1, 0.15) is 32.1 Å². The summed E-state index contributed by atoms with van der Waals surface area (Å²) in [4.78, 5) is 11.0. The van der Waals surface area contributed by atoms with Gasteiger partial charge in [-0.15, -0.1) is 0 Å². The van der Waals surface area contributed by atoms with E-state index in [4.69, 9.17) is 10.8 Å². The molecule has 0 heterocycles. The van der Waals surface area contributed by atoms with E-state index in [9.17, 15) is 4.79 Å². The summed E-state index contributed by atoms with van der Waals surface area (Å²) in [5, 5.41) is 9.02. The van der Waals surface area contributed by atoms with Crippen LogP contribution in [0.25, 0.3) is 0 Å². The smallest absolute Gasteiger partial charge is 0.324 e. The van der Waals surface area contributed by atoms with Crippen LogP contribution in [0.4, 0.5) is 0 Å². The third-order valence-corrected chi connectivity index (χ3v) is 5.32. The highest BCUT2D eigenvalue weighted by atomic mass is 16.4. The van der Waals surface area contributed by atoms with E-state index in [0.29, 0.717) is 17.8 Å². The van der Waals surface area contributed by atoms with Crippen LogP contribution in [-0.2, 0) is 4.79 Å². The van der Waals surface area contributed by atoms with Crippen molar-refractivity contribution < 1.29 is 9.90 Å². The molecule has 1 unspecified atom stereocenters. The van der Waals surface area contributed by atoms with Gasteiger partial charge in [0.1, 0.15) is 6.04 Å². The molecule has 0 aliphatic heterocycles. The Kier molecular flexibility index (Phi) is 2.54. The predicted molar refractivity (Wildman–Crippen MR) is 65.3 cm³/mol. The lowest BCUT2D eigenvalue weighted by molar-refractivity contribution is -0.138. The number of aliphatic carboxylic acids is 1. The molecule has 94 valence electrons. The van der Waals surface area contributed by atoms with Gasteiger partial charge in [-0.3, -0.25) is 4.79 Å². The summed E-state index contributed by atoms with van der Waals surface area (Å²) in [5.41, 5.74) is 6.52. The fourth-order valence-electron chi connectivity index (χ4n) is 4.90. The topological polar surface area (TPSA) is 63.3 Å². The Hall–Kier alpha value is -0.830. The molecule has 0 aromatic carbocycles. The Bertz CT molecular complexity index is 335. The molecule has 4 bridgehead atoms. The first-order chi connectivity index (χ1) is 8.06. The third kappa shape index (κ3) is 1.71. The van der Waals surface area contributed by atoms with Crippen molar-refractivity contribution in [3.05, 3.63) is 12.2 Å². The maximum atomic E-state index is 11.0. The highest BCUT2D eigenvalue weighted by Crippen LogP contribution is 2.58. The number of rotatable bonds is 3. The SMILES string of the molecule is C=C(C(N)C(=O)O)C1C2CC3CC(C2)CC1C3. The largest absolute Gasteiger partial charge is 0.480 e. The summed E-state index contributed by atoms with van der Waals surface area (Å²) in [5.74, 6) is 2.61. The van der Waals surface area contributed by atoms with Crippen molar-refractivity contribution in [2.75, 3.05) is 0 Å². The van der Waals surface area contributed by atoms with Crippen LogP contribution >= 0.6 is 0 Å². The fourth-order valence-corrected chi connectivity index (χ4v) is 4.90. The van der Waals surface area contributed by atoms with Gasteiger partial charge < -0.3 is 10.8 Å². The maximum Gasteiger partial charge on any atom is 0.324 e. The number of carboxylic acids is 1. The number of hydrogen-bond acceptors (Lipinski definition) is 2. The zero-order chi connectivity index (χ0) is 12.2. The highest BCUT2D eigenvalue weighted by molar-refractivity contribution is 5.77. The van der Waals surface area contributed by atoms with Gasteiger partial charge in [0.05, 0.1) is 0 Å². The molecule has 0 saturated heterocycles. The normalized spacial score (nSPS) is 44.6. The molecule has 0 amide bonds. The van der Waals surface area contributed by atoms with Crippen LogP contribution in [-0.4, -0.2) is 17.1 Å². The molecule has 3 heteroatoms. The van der Waals surface area contributed by atoms with E-state index in [1.54, 1.807) is 0 Å². The first-order valence-corrected chi connectivity index (χ1v) is 6.73. The Balaban J connectivity index is 1.80. The summed E-state index contributed by atoms with van der Waals surface area (Å²) < 4.78 is 0. The lowest BCUT2D eigenvalue weighted by atomic mass is 9.50. The van der Waals surface area contributed by atoms with Crippen molar-refractivity contribution in [1.82, 2.24) is 0 Å². The second-order valence-corrected chi connectivity index (χ2v) is 6.35. The first kappa shape index (κ1) is 11.3. The van der Waals surface area contributed by atoms with Crippen LogP contribution in [0.2, 0.25) is 0 Å². The third-order valence-electron chi connectivity index (χ3n) is 5.32. The van der Waals surface area contributed by atoms with Crippen molar-refractivity contribution in [3.63, 3.8) is 0 Å². The number of hydrogen-bond donors (Lipinski definition) is 2. The highest BCUT2D eigenvalue weighted by Gasteiger charge is 2.49. The van der Waals surface area contributed by atoms with Gasteiger partial charge in [-0.25, -0.2) is 0 Å². The molecular formula is C14H21NO2. The number of nitrogens with two attached hydrogens (primary N) is 1. The lowest BCUT2D eigenvalue weighted by Crippen LogP contribution is -2.49. The zero-order valence-corrected chi connectivity index (χ0v) is 10.1. The van der Waals surface area contributed by atoms with E-state index in [1.165, 1.54) is 32.1 Å². The minimum absolute atomic E-state index is 0.383. The summed E-state index contributed by atoms with van der Waals surface area (Å²) >= 11 is 0. The van der Waals surface area contributed by atoms with E-state index >= 15 is 0 Å². The van der Waals surface area contributed by atoms with Crippen LogP contribution in [0.3, 0.4) is 0 Å². The Labute approximate surface area is 102 Å². The van der Waals surface area contributed by atoms with E-state index in [-0.39, 0.29) is 0 Å². The monoisotopic (exact) mass is 235 g/mol. The van der Waals surface area contributed by atoms with E-state index in [0.717, 1.165) is 17.4 Å². The van der Waals surface area contributed by atoms with Crippen molar-refractivity contribution >= 4 is 5.97 Å². The van der Waals surface area contributed by atoms with Crippen LogP contribution < -0.4 is 5.73 Å². The minimum atomic E-state index is -0.927. The van der Waals surface area contributed by atoms with Gasteiger partial charge >= 0.3 is 5.97 Å². The molecule has 4 rings (SSSR count). The predicted octanol–water partition coefficient (Wildman–Crippen LogP) is 2.03. The van der Waals surface area contributed by atoms with Gasteiger partial charge in [0, 0.05) is 0 Å². The average molecular weight is 235 g/mol. The van der Waals surface area contributed by atoms with Crippen molar-refractivity contribution in [1.29, 1.82) is 0 Å². The van der Waals surface area contributed by atoms with Gasteiger partial charge in [0.2, 0.25) is 0 Å². The summed E-state index contributed by atoms with van der Waals surface area (Å²) in [6.07, 6.45) is 6.54. The van der Waals surface area contributed by atoms with E-state index in [1.807, 2.05) is 0 Å². The average Bonchev–Trinajstić information content (AvgIpc) is 2.26. The molecule has 4 aliphatic carbocycles. The van der Waals surface area contributed by atoms with Crippen LogP contribution in [0.15, 0.2) is 12.2 Å². The summed E-state index contributed by atoms with van der Waals surface area (Å²) in [7, 11) is 0. The Morgan fingerprint density at radius 1 is 1.12 bits per heavy atom.